The van der Waals surface area contributed by atoms with Gasteiger partial charge in [0.15, 0.2) is 0 Å². The van der Waals surface area contributed by atoms with E-state index in [-0.39, 0.29) is 16.2 Å². The van der Waals surface area contributed by atoms with Crippen LogP contribution in [0.25, 0.3) is 0 Å². The van der Waals surface area contributed by atoms with Gasteiger partial charge < -0.3 is 14.6 Å². The van der Waals surface area contributed by atoms with Crippen LogP contribution >= 0.6 is 0 Å². The van der Waals surface area contributed by atoms with Crippen LogP contribution in [-0.4, -0.2) is 11.3 Å². The molecule has 0 bridgehead atoms. The van der Waals surface area contributed by atoms with Gasteiger partial charge in [0.1, 0.15) is 17.2 Å². The van der Waals surface area contributed by atoms with Gasteiger partial charge in [-0.2, -0.15) is 0 Å². The van der Waals surface area contributed by atoms with Crippen molar-refractivity contribution in [3.8, 4) is 17.2 Å². The molecule has 2 fully saturated rings. The van der Waals surface area contributed by atoms with Gasteiger partial charge in [0.2, 0.25) is 0 Å². The molecule has 0 aliphatic heterocycles. The third-order valence-electron chi connectivity index (χ3n) is 13.3. The van der Waals surface area contributed by atoms with Gasteiger partial charge in [-0.25, -0.2) is 4.79 Å². The fourth-order valence-electron chi connectivity index (χ4n) is 8.78. The topological polar surface area (TPSA) is 55.8 Å². The monoisotopic (exact) mass is 672 g/mol. The van der Waals surface area contributed by atoms with Crippen LogP contribution in [0.2, 0.25) is 0 Å². The van der Waals surface area contributed by atoms with Crippen LogP contribution in [0.1, 0.15) is 119 Å². The number of rotatable bonds is 6. The SMILES string of the molecule is Cc1cc(C2(c3ccc(OC(=O)Oc4ccc(C5(c6ccccc6)CCC(C)(C)C(C)C5)cc4C)c(C)c3)CCC(C)(C)C(C)C2)ccc1O. The average Bonchev–Trinajstić information content (AvgIpc) is 3.07. The first-order chi connectivity index (χ1) is 23.6. The highest BCUT2D eigenvalue weighted by atomic mass is 16.7. The standard InChI is InChI=1S/C46H56O4/c1-30-25-36(15-18-39(30)47)46(24-22-44(8,9)34(5)29-46)38-17-20-41(32(3)27-38)50-42(48)49-40-19-16-37(26-31(40)2)45(35-13-11-10-12-14-35)23-21-43(6,7)33(4)28-45/h10-20,25-27,33-34,47H,21-24,28-29H2,1-9H3. The Morgan fingerprint density at radius 2 is 1.00 bits per heavy atom. The number of carbonyl (C=O) groups is 1. The summed E-state index contributed by atoms with van der Waals surface area (Å²) in [5, 5.41) is 10.3. The summed E-state index contributed by atoms with van der Waals surface area (Å²) in [7, 11) is 0. The number of benzene rings is 4. The Morgan fingerprint density at radius 1 is 0.580 bits per heavy atom. The molecular weight excluding hydrogens is 617 g/mol. The van der Waals surface area contributed by atoms with Crippen molar-refractivity contribution in [2.24, 2.45) is 22.7 Å². The van der Waals surface area contributed by atoms with E-state index in [9.17, 15) is 9.90 Å². The Kier molecular flexibility index (Phi) is 9.48. The number of aryl methyl sites for hydroxylation is 3. The molecule has 4 heteroatoms. The molecule has 0 radical (unpaired) electrons. The van der Waals surface area contributed by atoms with E-state index in [0.29, 0.717) is 34.5 Å². The summed E-state index contributed by atoms with van der Waals surface area (Å²) in [6.45, 7) is 20.2. The van der Waals surface area contributed by atoms with Gasteiger partial charge in [-0.1, -0.05) is 108 Å². The van der Waals surface area contributed by atoms with Gasteiger partial charge in [-0.15, -0.1) is 0 Å². The van der Waals surface area contributed by atoms with Crippen LogP contribution in [0.5, 0.6) is 17.2 Å². The molecule has 264 valence electrons. The first-order valence-electron chi connectivity index (χ1n) is 18.5. The van der Waals surface area contributed by atoms with E-state index in [1.165, 1.54) is 22.3 Å². The maximum absolute atomic E-state index is 13.3. The minimum atomic E-state index is -0.737. The maximum atomic E-state index is 13.3. The number of hydrogen-bond donors (Lipinski definition) is 1. The van der Waals surface area contributed by atoms with Crippen LogP contribution in [0, 0.1) is 43.4 Å². The van der Waals surface area contributed by atoms with Crippen molar-refractivity contribution in [3.05, 3.63) is 124 Å². The van der Waals surface area contributed by atoms with E-state index in [1.807, 2.05) is 39.0 Å². The lowest BCUT2D eigenvalue weighted by Gasteiger charge is -2.49. The molecule has 2 aliphatic carbocycles. The van der Waals surface area contributed by atoms with Gasteiger partial charge >= 0.3 is 6.16 Å². The van der Waals surface area contributed by atoms with Crippen molar-refractivity contribution >= 4 is 6.16 Å². The highest BCUT2D eigenvalue weighted by Crippen LogP contribution is 2.55. The molecule has 0 amide bonds. The number of aromatic hydroxyl groups is 1. The molecule has 0 heterocycles. The molecule has 4 aromatic rings. The molecule has 4 aromatic carbocycles. The molecule has 0 aromatic heterocycles. The number of carbonyl (C=O) groups excluding carboxylic acids is 1. The van der Waals surface area contributed by atoms with Gasteiger partial charge in [0.25, 0.3) is 0 Å². The van der Waals surface area contributed by atoms with E-state index in [2.05, 4.69) is 108 Å². The Balaban J connectivity index is 1.23. The summed E-state index contributed by atoms with van der Waals surface area (Å²) in [6.07, 6.45) is 5.67. The van der Waals surface area contributed by atoms with E-state index >= 15 is 0 Å². The number of phenols is 1. The van der Waals surface area contributed by atoms with Gasteiger partial charge in [0, 0.05) is 10.8 Å². The molecule has 4 nitrogen and oxygen atoms in total. The zero-order valence-corrected chi connectivity index (χ0v) is 31.7. The molecule has 6 rings (SSSR count). The molecular formula is C46H56O4. The lowest BCUT2D eigenvalue weighted by atomic mass is 9.55. The summed E-state index contributed by atoms with van der Waals surface area (Å²) in [6, 6.07) is 29.4. The van der Waals surface area contributed by atoms with Crippen molar-refractivity contribution in [2.75, 3.05) is 0 Å². The second kappa shape index (κ2) is 13.2. The van der Waals surface area contributed by atoms with Crippen molar-refractivity contribution in [1.82, 2.24) is 0 Å². The molecule has 4 atom stereocenters. The van der Waals surface area contributed by atoms with Crippen molar-refractivity contribution < 1.29 is 19.4 Å². The summed E-state index contributed by atoms with van der Waals surface area (Å²) in [5.74, 6) is 2.39. The predicted molar refractivity (Wildman–Crippen MR) is 203 cm³/mol. The number of hydrogen-bond acceptors (Lipinski definition) is 4. The van der Waals surface area contributed by atoms with Crippen molar-refractivity contribution in [1.29, 1.82) is 0 Å². The molecule has 2 aliphatic rings. The molecule has 1 N–H and O–H groups in total. The van der Waals surface area contributed by atoms with Crippen LogP contribution < -0.4 is 9.47 Å². The number of phenolic OH excluding ortho intramolecular Hbond substituents is 1. The molecule has 0 spiro atoms. The first kappa shape index (κ1) is 35.8. The lowest BCUT2D eigenvalue weighted by molar-refractivity contribution is 0.107. The molecule has 0 saturated heterocycles. The van der Waals surface area contributed by atoms with Gasteiger partial charge in [-0.05, 0) is 139 Å². The Morgan fingerprint density at radius 3 is 1.42 bits per heavy atom. The highest BCUT2D eigenvalue weighted by molar-refractivity contribution is 5.68. The predicted octanol–water partition coefficient (Wildman–Crippen LogP) is 12.2. The minimum absolute atomic E-state index is 0.0824. The zero-order valence-electron chi connectivity index (χ0n) is 31.7. The van der Waals surface area contributed by atoms with Crippen LogP contribution in [0.3, 0.4) is 0 Å². The average molecular weight is 673 g/mol. The van der Waals surface area contributed by atoms with E-state index in [1.54, 1.807) is 0 Å². The summed E-state index contributed by atoms with van der Waals surface area (Å²) >= 11 is 0. The largest absolute Gasteiger partial charge is 0.519 e. The summed E-state index contributed by atoms with van der Waals surface area (Å²) < 4.78 is 11.7. The van der Waals surface area contributed by atoms with Crippen molar-refractivity contribution in [2.45, 2.75) is 112 Å². The second-order valence-corrected chi connectivity index (χ2v) is 17.1. The second-order valence-electron chi connectivity index (χ2n) is 17.1. The number of ether oxygens (including phenoxy) is 2. The van der Waals surface area contributed by atoms with Gasteiger partial charge in [-0.3, -0.25) is 0 Å². The normalized spacial score (nSPS) is 25.9. The first-order valence-corrected chi connectivity index (χ1v) is 18.5. The third-order valence-corrected chi connectivity index (χ3v) is 13.3. The smallest absolute Gasteiger partial charge is 0.508 e. The van der Waals surface area contributed by atoms with Crippen LogP contribution in [0.15, 0.2) is 84.9 Å². The zero-order chi connectivity index (χ0) is 36.1. The van der Waals surface area contributed by atoms with E-state index < -0.39 is 6.16 Å². The van der Waals surface area contributed by atoms with Crippen molar-refractivity contribution in [3.63, 3.8) is 0 Å². The molecule has 50 heavy (non-hydrogen) atoms. The molecule has 4 unspecified atom stereocenters. The van der Waals surface area contributed by atoms with Crippen LogP contribution in [0.4, 0.5) is 4.79 Å². The van der Waals surface area contributed by atoms with E-state index in [4.69, 9.17) is 9.47 Å². The fourth-order valence-corrected chi connectivity index (χ4v) is 8.78. The minimum Gasteiger partial charge on any atom is -0.508 e. The highest BCUT2D eigenvalue weighted by Gasteiger charge is 2.46. The third kappa shape index (κ3) is 6.59. The quantitative estimate of drug-likeness (QED) is 0.164. The Hall–Kier alpha value is -4.05. The Bertz CT molecular complexity index is 1870. The van der Waals surface area contributed by atoms with E-state index in [0.717, 1.165) is 55.2 Å². The molecule has 2 saturated carbocycles. The lowest BCUT2D eigenvalue weighted by Crippen LogP contribution is -2.41. The summed E-state index contributed by atoms with van der Waals surface area (Å²) in [5.41, 5.74) is 8.02. The Labute approximate surface area is 300 Å². The van der Waals surface area contributed by atoms with Crippen LogP contribution in [-0.2, 0) is 10.8 Å². The maximum Gasteiger partial charge on any atom is 0.519 e. The van der Waals surface area contributed by atoms with Gasteiger partial charge in [0.05, 0.1) is 0 Å². The fraction of sp³-hybridized carbons (Fsp3) is 0.457. The summed E-state index contributed by atoms with van der Waals surface area (Å²) in [4.78, 5) is 13.3.